The van der Waals surface area contributed by atoms with Crippen LogP contribution in [-0.2, 0) is 0 Å². The highest BCUT2D eigenvalue weighted by Gasteiger charge is 2.10. The van der Waals surface area contributed by atoms with Gasteiger partial charge in [0, 0.05) is 20.6 Å². The third-order valence-electron chi connectivity index (χ3n) is 2.74. The van der Waals surface area contributed by atoms with Crippen LogP contribution in [0.15, 0.2) is 18.2 Å². The molecular weight excluding hydrogens is 347 g/mol. The second kappa shape index (κ2) is 8.09. The molecule has 0 saturated heterocycles. The largest absolute Gasteiger partial charge is 0.294 e. The zero-order valence-electron chi connectivity index (χ0n) is 10.1. The van der Waals surface area contributed by atoms with Crippen LogP contribution in [0.4, 0.5) is 0 Å². The average Bonchev–Trinajstić information content (AvgIpc) is 2.32. The minimum Gasteiger partial charge on any atom is -0.294 e. The van der Waals surface area contributed by atoms with Gasteiger partial charge in [0.1, 0.15) is 0 Å². The van der Waals surface area contributed by atoms with Crippen LogP contribution < -0.4 is 0 Å². The highest BCUT2D eigenvalue weighted by Crippen LogP contribution is 2.20. The molecule has 0 N–H and O–H groups in total. The molecule has 0 radical (unpaired) electrons. The van der Waals surface area contributed by atoms with Gasteiger partial charge in [-0.25, -0.2) is 0 Å². The van der Waals surface area contributed by atoms with Crippen LogP contribution in [0.2, 0.25) is 5.02 Å². The third-order valence-corrected chi connectivity index (χ3v) is 3.91. The van der Waals surface area contributed by atoms with Crippen molar-refractivity contribution < 1.29 is 4.79 Å². The predicted octanol–water partition coefficient (Wildman–Crippen LogP) is 5.49. The first kappa shape index (κ1) is 15.0. The molecule has 1 aromatic rings. The number of carbonyl (C=O) groups is 1. The van der Waals surface area contributed by atoms with E-state index in [9.17, 15) is 4.79 Å². The molecule has 94 valence electrons. The maximum Gasteiger partial charge on any atom is 0.163 e. The number of rotatable bonds is 7. The van der Waals surface area contributed by atoms with E-state index in [1.807, 2.05) is 12.1 Å². The van der Waals surface area contributed by atoms with Gasteiger partial charge in [0.25, 0.3) is 0 Å². The Morgan fingerprint density at radius 2 is 1.94 bits per heavy atom. The topological polar surface area (TPSA) is 17.1 Å². The molecule has 17 heavy (non-hydrogen) atoms. The van der Waals surface area contributed by atoms with Gasteiger partial charge < -0.3 is 0 Å². The lowest BCUT2D eigenvalue weighted by molar-refractivity contribution is 0.0978. The van der Waals surface area contributed by atoms with E-state index in [2.05, 4.69) is 29.5 Å². The van der Waals surface area contributed by atoms with E-state index in [1.165, 1.54) is 19.3 Å². The summed E-state index contributed by atoms with van der Waals surface area (Å²) >= 11 is 8.10. The summed E-state index contributed by atoms with van der Waals surface area (Å²) in [6, 6.07) is 5.49. The van der Waals surface area contributed by atoms with Crippen LogP contribution in [-0.4, -0.2) is 5.78 Å². The van der Waals surface area contributed by atoms with Crippen molar-refractivity contribution in [2.45, 2.75) is 45.4 Å². The second-order valence-electron chi connectivity index (χ2n) is 4.21. The van der Waals surface area contributed by atoms with Gasteiger partial charge in [-0.15, -0.1) is 0 Å². The number of halogens is 2. The molecule has 0 bridgehead atoms. The first-order valence-corrected chi connectivity index (χ1v) is 7.59. The van der Waals surface area contributed by atoms with Crippen molar-refractivity contribution in [1.82, 2.24) is 0 Å². The Kier molecular flexibility index (Phi) is 7.12. The van der Waals surface area contributed by atoms with Crippen molar-refractivity contribution in [3.8, 4) is 0 Å². The first-order valence-electron chi connectivity index (χ1n) is 6.13. The number of Topliss-reactive ketones (excluding diaryl/α,β-unsaturated/α-hetero) is 1. The van der Waals surface area contributed by atoms with Crippen molar-refractivity contribution >= 4 is 40.0 Å². The fourth-order valence-electron chi connectivity index (χ4n) is 1.73. The average molecular weight is 365 g/mol. The number of hydrogen-bond acceptors (Lipinski definition) is 1. The van der Waals surface area contributed by atoms with Gasteiger partial charge in [0.2, 0.25) is 0 Å². The molecule has 0 amide bonds. The molecule has 0 spiro atoms. The summed E-state index contributed by atoms with van der Waals surface area (Å²) in [6.45, 7) is 2.19. The molecule has 0 aliphatic carbocycles. The Morgan fingerprint density at radius 1 is 1.24 bits per heavy atom. The zero-order chi connectivity index (χ0) is 12.7. The molecule has 0 aliphatic rings. The number of hydrogen-bond donors (Lipinski definition) is 0. The van der Waals surface area contributed by atoms with E-state index in [1.54, 1.807) is 6.07 Å². The SMILES string of the molecule is CCCCCCCC(=O)c1cc(Cl)ccc1I. The fraction of sp³-hybridized carbons (Fsp3) is 0.500. The summed E-state index contributed by atoms with van der Waals surface area (Å²) in [7, 11) is 0. The third kappa shape index (κ3) is 5.38. The highest BCUT2D eigenvalue weighted by atomic mass is 127. The van der Waals surface area contributed by atoms with Gasteiger partial charge in [0.15, 0.2) is 5.78 Å². The van der Waals surface area contributed by atoms with E-state index in [-0.39, 0.29) is 5.78 Å². The van der Waals surface area contributed by atoms with E-state index in [4.69, 9.17) is 11.6 Å². The summed E-state index contributed by atoms with van der Waals surface area (Å²) < 4.78 is 0.991. The summed E-state index contributed by atoms with van der Waals surface area (Å²) in [4.78, 5) is 12.0. The summed E-state index contributed by atoms with van der Waals surface area (Å²) in [5.74, 6) is 0.216. The smallest absolute Gasteiger partial charge is 0.163 e. The van der Waals surface area contributed by atoms with Gasteiger partial charge in [-0.3, -0.25) is 4.79 Å². The van der Waals surface area contributed by atoms with Gasteiger partial charge in [-0.05, 0) is 47.2 Å². The standard InChI is InChI=1S/C14H18ClIO/c1-2-3-4-5-6-7-14(17)12-10-11(15)8-9-13(12)16/h8-10H,2-7H2,1H3. The molecule has 0 unspecified atom stereocenters. The van der Waals surface area contributed by atoms with E-state index in [0.29, 0.717) is 11.4 Å². The van der Waals surface area contributed by atoms with Gasteiger partial charge >= 0.3 is 0 Å². The van der Waals surface area contributed by atoms with E-state index >= 15 is 0 Å². The molecule has 3 heteroatoms. The minimum atomic E-state index is 0.216. The molecule has 0 aromatic heterocycles. The molecular formula is C14H18ClIO. The second-order valence-corrected chi connectivity index (χ2v) is 5.81. The van der Waals surface area contributed by atoms with E-state index in [0.717, 1.165) is 22.0 Å². The van der Waals surface area contributed by atoms with Crippen molar-refractivity contribution in [2.75, 3.05) is 0 Å². The summed E-state index contributed by atoms with van der Waals surface area (Å²) in [6.07, 6.45) is 6.51. The lowest BCUT2D eigenvalue weighted by Gasteiger charge is -2.04. The molecule has 1 rings (SSSR count). The quantitative estimate of drug-likeness (QED) is 0.355. The molecule has 0 fully saturated rings. The minimum absolute atomic E-state index is 0.216. The Balaban J connectivity index is 2.44. The molecule has 0 aliphatic heterocycles. The van der Waals surface area contributed by atoms with Crippen LogP contribution in [0.3, 0.4) is 0 Å². The molecule has 1 nitrogen and oxygen atoms in total. The Morgan fingerprint density at radius 3 is 2.65 bits per heavy atom. The van der Waals surface area contributed by atoms with E-state index < -0.39 is 0 Å². The number of benzene rings is 1. The van der Waals surface area contributed by atoms with Gasteiger partial charge in [0.05, 0.1) is 0 Å². The molecule has 0 heterocycles. The lowest BCUT2D eigenvalue weighted by Crippen LogP contribution is -2.01. The van der Waals surface area contributed by atoms with Crippen LogP contribution in [0.5, 0.6) is 0 Å². The summed E-state index contributed by atoms with van der Waals surface area (Å²) in [5.41, 5.74) is 0.772. The van der Waals surface area contributed by atoms with Gasteiger partial charge in [-0.1, -0.05) is 44.2 Å². The van der Waals surface area contributed by atoms with Gasteiger partial charge in [-0.2, -0.15) is 0 Å². The van der Waals surface area contributed by atoms with Crippen molar-refractivity contribution in [3.63, 3.8) is 0 Å². The Hall–Kier alpha value is -0.0900. The number of ketones is 1. The number of carbonyl (C=O) groups excluding carboxylic acids is 1. The van der Waals surface area contributed by atoms with Crippen LogP contribution in [0, 0.1) is 3.57 Å². The van der Waals surface area contributed by atoms with Crippen molar-refractivity contribution in [1.29, 1.82) is 0 Å². The fourth-order valence-corrected chi connectivity index (χ4v) is 2.54. The zero-order valence-corrected chi connectivity index (χ0v) is 13.1. The molecule has 0 atom stereocenters. The maximum atomic E-state index is 12.0. The molecule has 0 saturated carbocycles. The Labute approximate surface area is 122 Å². The predicted molar refractivity (Wildman–Crippen MR) is 81.9 cm³/mol. The summed E-state index contributed by atoms with van der Waals surface area (Å²) in [5, 5.41) is 0.639. The normalized spacial score (nSPS) is 10.5. The maximum absolute atomic E-state index is 12.0. The van der Waals surface area contributed by atoms with Crippen LogP contribution >= 0.6 is 34.2 Å². The Bertz CT molecular complexity index is 376. The first-order chi connectivity index (χ1) is 8.15. The van der Waals surface area contributed by atoms with Crippen LogP contribution in [0.1, 0.15) is 55.8 Å². The number of unbranched alkanes of at least 4 members (excludes halogenated alkanes) is 4. The lowest BCUT2D eigenvalue weighted by atomic mass is 10.0. The van der Waals surface area contributed by atoms with Crippen molar-refractivity contribution in [3.05, 3.63) is 32.4 Å². The highest BCUT2D eigenvalue weighted by molar-refractivity contribution is 14.1. The monoisotopic (exact) mass is 364 g/mol. The van der Waals surface area contributed by atoms with Crippen LogP contribution in [0.25, 0.3) is 0 Å². The van der Waals surface area contributed by atoms with Crippen molar-refractivity contribution in [2.24, 2.45) is 0 Å². The molecule has 1 aromatic carbocycles.